The summed E-state index contributed by atoms with van der Waals surface area (Å²) in [6.07, 6.45) is 0. The van der Waals surface area contributed by atoms with E-state index in [-0.39, 0.29) is 0 Å². The van der Waals surface area contributed by atoms with Crippen molar-refractivity contribution in [2.24, 2.45) is 0 Å². The molecule has 14 heavy (non-hydrogen) atoms. The van der Waals surface area contributed by atoms with Gasteiger partial charge in [-0.15, -0.1) is 0 Å². The minimum absolute atomic E-state index is 0.887. The zero-order valence-electron chi connectivity index (χ0n) is 7.72. The van der Waals surface area contributed by atoms with Crippen LogP contribution in [0.4, 0.5) is 0 Å². The van der Waals surface area contributed by atoms with Crippen LogP contribution in [-0.2, 0) is 5.33 Å². The number of aryl methyl sites for hydroxylation is 1. The summed E-state index contributed by atoms with van der Waals surface area (Å²) in [4.78, 5) is 4.41. The summed E-state index contributed by atoms with van der Waals surface area (Å²) >= 11 is 6.85. The predicted octanol–water partition coefficient (Wildman–Crippen LogP) is 4.20. The summed E-state index contributed by atoms with van der Waals surface area (Å²) in [5.41, 5.74) is 3.58. The molecule has 0 amide bonds. The Morgan fingerprint density at radius 3 is 2.79 bits per heavy atom. The lowest BCUT2D eigenvalue weighted by Crippen LogP contribution is -1.86. The Morgan fingerprint density at radius 1 is 1.29 bits per heavy atom. The van der Waals surface area contributed by atoms with Gasteiger partial charge in [-0.1, -0.05) is 22.0 Å². The van der Waals surface area contributed by atoms with Gasteiger partial charge in [-0.3, -0.25) is 0 Å². The van der Waals surface area contributed by atoms with Crippen molar-refractivity contribution in [3.05, 3.63) is 40.0 Å². The molecule has 3 heteroatoms. The van der Waals surface area contributed by atoms with Gasteiger partial charge in [0, 0.05) is 10.7 Å². The van der Waals surface area contributed by atoms with Crippen molar-refractivity contribution >= 4 is 42.8 Å². The molecule has 1 aromatic carbocycles. The van der Waals surface area contributed by atoms with Crippen LogP contribution >= 0.6 is 31.9 Å². The van der Waals surface area contributed by atoms with Crippen LogP contribution in [0.15, 0.2) is 28.9 Å². The minimum Gasteiger partial charge on any atom is -0.241 e. The molecule has 2 rings (SSSR count). The Morgan fingerprint density at radius 2 is 2.07 bits per heavy atom. The molecule has 0 atom stereocenters. The van der Waals surface area contributed by atoms with E-state index < -0.39 is 0 Å². The number of fused-ring (bicyclic) bond motifs is 1. The van der Waals surface area contributed by atoms with Gasteiger partial charge in [0.15, 0.2) is 0 Å². The number of nitrogens with zero attached hydrogens (tertiary/aromatic N) is 1. The van der Waals surface area contributed by atoms with Gasteiger partial charge in [-0.25, -0.2) is 4.98 Å². The molecule has 0 spiro atoms. The van der Waals surface area contributed by atoms with Crippen LogP contribution in [0.2, 0.25) is 0 Å². The summed E-state index contributed by atoms with van der Waals surface area (Å²) < 4.78 is 0.897. The Bertz CT molecular complexity index is 480. The second-order valence-corrected chi connectivity index (χ2v) is 4.62. The number of benzene rings is 1. The van der Waals surface area contributed by atoms with Crippen molar-refractivity contribution in [1.82, 2.24) is 4.98 Å². The summed E-state index contributed by atoms with van der Waals surface area (Å²) in [5, 5.41) is 2.11. The summed E-state index contributed by atoms with van der Waals surface area (Å²) in [6.45, 7) is 2.10. The fraction of sp³-hybridized carbons (Fsp3) is 0.182. The zero-order chi connectivity index (χ0) is 10.1. The predicted molar refractivity (Wildman–Crippen MR) is 66.8 cm³/mol. The van der Waals surface area contributed by atoms with Crippen molar-refractivity contribution in [2.75, 3.05) is 0 Å². The average Bonchev–Trinajstić information content (AvgIpc) is 2.17. The summed E-state index contributed by atoms with van der Waals surface area (Å²) in [7, 11) is 0. The molecular formula is C11H9Br2N. The molecule has 0 aliphatic heterocycles. The highest BCUT2D eigenvalue weighted by atomic mass is 79.9. The van der Waals surface area contributed by atoms with Gasteiger partial charge >= 0.3 is 0 Å². The van der Waals surface area contributed by atoms with Gasteiger partial charge in [0.25, 0.3) is 0 Å². The van der Waals surface area contributed by atoms with Crippen LogP contribution in [0.3, 0.4) is 0 Å². The maximum Gasteiger partial charge on any atom is 0.107 e. The smallest absolute Gasteiger partial charge is 0.107 e. The lowest BCUT2D eigenvalue weighted by Gasteiger charge is -2.04. The zero-order valence-corrected chi connectivity index (χ0v) is 10.9. The topological polar surface area (TPSA) is 12.9 Å². The van der Waals surface area contributed by atoms with Crippen LogP contribution in [0, 0.1) is 6.92 Å². The van der Waals surface area contributed by atoms with Gasteiger partial charge in [-0.05, 0) is 52.2 Å². The highest BCUT2D eigenvalue weighted by Gasteiger charge is 2.01. The van der Waals surface area contributed by atoms with Crippen molar-refractivity contribution in [2.45, 2.75) is 12.3 Å². The van der Waals surface area contributed by atoms with Gasteiger partial charge in [-0.2, -0.15) is 0 Å². The van der Waals surface area contributed by atoms with Crippen LogP contribution in [0.5, 0.6) is 0 Å². The maximum atomic E-state index is 4.41. The lowest BCUT2D eigenvalue weighted by atomic mass is 10.1. The van der Waals surface area contributed by atoms with Crippen LogP contribution < -0.4 is 0 Å². The molecule has 0 bridgehead atoms. The fourth-order valence-corrected chi connectivity index (χ4v) is 2.37. The number of alkyl halides is 1. The number of aromatic nitrogens is 1. The Balaban J connectivity index is 2.75. The first-order chi connectivity index (χ1) is 6.70. The third-order valence-corrected chi connectivity index (χ3v) is 3.26. The molecule has 0 fully saturated rings. The van der Waals surface area contributed by atoms with Gasteiger partial charge in [0.05, 0.1) is 5.52 Å². The molecule has 72 valence electrons. The molecule has 0 radical (unpaired) electrons. The molecular weight excluding hydrogens is 306 g/mol. The SMILES string of the molecule is Cc1cc(Br)nc2ccc(CBr)cc12. The maximum absolute atomic E-state index is 4.41. The number of rotatable bonds is 1. The van der Waals surface area contributed by atoms with E-state index in [0.717, 1.165) is 15.4 Å². The van der Waals surface area contributed by atoms with Gasteiger partial charge < -0.3 is 0 Å². The quantitative estimate of drug-likeness (QED) is 0.568. The number of hydrogen-bond acceptors (Lipinski definition) is 1. The van der Waals surface area contributed by atoms with E-state index in [9.17, 15) is 0 Å². The van der Waals surface area contributed by atoms with E-state index in [2.05, 4.69) is 62.0 Å². The Labute approximate surface area is 99.8 Å². The van der Waals surface area contributed by atoms with E-state index in [1.54, 1.807) is 0 Å². The summed E-state index contributed by atoms with van der Waals surface area (Å²) in [5.74, 6) is 0. The monoisotopic (exact) mass is 313 g/mol. The molecule has 0 aliphatic carbocycles. The van der Waals surface area contributed by atoms with Crippen molar-refractivity contribution in [1.29, 1.82) is 0 Å². The first-order valence-electron chi connectivity index (χ1n) is 4.32. The van der Waals surface area contributed by atoms with E-state index in [1.165, 1.54) is 16.5 Å². The minimum atomic E-state index is 0.887. The van der Waals surface area contributed by atoms with Crippen molar-refractivity contribution in [3.8, 4) is 0 Å². The lowest BCUT2D eigenvalue weighted by molar-refractivity contribution is 1.31. The van der Waals surface area contributed by atoms with Gasteiger partial charge in [0.2, 0.25) is 0 Å². The highest BCUT2D eigenvalue weighted by molar-refractivity contribution is 9.10. The average molecular weight is 315 g/mol. The molecule has 0 saturated carbocycles. The van der Waals surface area contributed by atoms with E-state index >= 15 is 0 Å². The van der Waals surface area contributed by atoms with Crippen LogP contribution in [0.25, 0.3) is 10.9 Å². The normalized spacial score (nSPS) is 10.8. The molecule has 1 nitrogen and oxygen atoms in total. The van der Waals surface area contributed by atoms with Crippen molar-refractivity contribution in [3.63, 3.8) is 0 Å². The van der Waals surface area contributed by atoms with E-state index in [4.69, 9.17) is 0 Å². The number of pyridine rings is 1. The molecule has 0 unspecified atom stereocenters. The molecule has 0 saturated heterocycles. The molecule has 1 aromatic heterocycles. The third-order valence-electron chi connectivity index (χ3n) is 2.20. The molecule has 1 heterocycles. The first-order valence-corrected chi connectivity index (χ1v) is 6.24. The Hall–Kier alpha value is -0.410. The van der Waals surface area contributed by atoms with Crippen molar-refractivity contribution < 1.29 is 0 Å². The van der Waals surface area contributed by atoms with E-state index in [0.29, 0.717) is 0 Å². The second kappa shape index (κ2) is 3.99. The summed E-state index contributed by atoms with van der Waals surface area (Å²) in [6, 6.07) is 8.37. The number of halogens is 2. The van der Waals surface area contributed by atoms with Crippen LogP contribution in [-0.4, -0.2) is 4.98 Å². The molecule has 0 N–H and O–H groups in total. The fourth-order valence-electron chi connectivity index (χ4n) is 1.48. The van der Waals surface area contributed by atoms with Gasteiger partial charge in [0.1, 0.15) is 4.60 Å². The molecule has 0 aliphatic rings. The second-order valence-electron chi connectivity index (χ2n) is 3.25. The molecule has 2 aromatic rings. The number of hydrogen-bond donors (Lipinski definition) is 0. The van der Waals surface area contributed by atoms with Crippen LogP contribution in [0.1, 0.15) is 11.1 Å². The Kier molecular flexibility index (Phi) is 2.88. The standard InChI is InChI=1S/C11H9Br2N/c1-7-4-11(13)14-10-3-2-8(6-12)5-9(7)10/h2-5H,6H2,1H3. The largest absolute Gasteiger partial charge is 0.241 e. The van der Waals surface area contributed by atoms with E-state index in [1.807, 2.05) is 6.07 Å². The highest BCUT2D eigenvalue weighted by Crippen LogP contribution is 2.22. The third kappa shape index (κ3) is 1.84. The first kappa shape index (κ1) is 10.1.